The van der Waals surface area contributed by atoms with Crippen LogP contribution < -0.4 is 15.2 Å². The number of amides is 1. The number of nitrogens with zero attached hydrogens (tertiary/aromatic N) is 5. The number of halogens is 1. The van der Waals surface area contributed by atoms with Crippen molar-refractivity contribution in [2.24, 2.45) is 0 Å². The molecule has 0 aromatic carbocycles. The molecule has 0 bridgehead atoms. The van der Waals surface area contributed by atoms with Gasteiger partial charge in [-0.3, -0.25) is 9.59 Å². The summed E-state index contributed by atoms with van der Waals surface area (Å²) in [4.78, 5) is 36.4. The summed E-state index contributed by atoms with van der Waals surface area (Å²) < 4.78 is 11.5. The second kappa shape index (κ2) is 11.1. The zero-order chi connectivity index (χ0) is 22.2. The van der Waals surface area contributed by atoms with E-state index < -0.39 is 0 Å². The number of aromatic amines is 1. The van der Waals surface area contributed by atoms with Crippen LogP contribution in [-0.4, -0.2) is 76.5 Å². The van der Waals surface area contributed by atoms with Crippen LogP contribution in [0.25, 0.3) is 0 Å². The Kier molecular flexibility index (Phi) is 8.19. The van der Waals surface area contributed by atoms with E-state index in [1.807, 2.05) is 16.7 Å². The molecule has 1 aliphatic rings. The SMILES string of the molecule is CC[C@H](COCCC(=O)N1CCN(c2ncc(Cl)cn2)CC1)Oc1cn[nH]c(=O)c1C. The summed E-state index contributed by atoms with van der Waals surface area (Å²) in [5, 5.41) is 6.63. The molecule has 3 rings (SSSR count). The Morgan fingerprint density at radius 3 is 2.61 bits per heavy atom. The number of hydrogen-bond donors (Lipinski definition) is 1. The van der Waals surface area contributed by atoms with Gasteiger partial charge in [-0.1, -0.05) is 18.5 Å². The number of nitrogens with one attached hydrogen (secondary N) is 1. The number of piperazine rings is 1. The number of ether oxygens (including phenoxy) is 2. The maximum absolute atomic E-state index is 12.5. The number of carbonyl (C=O) groups is 1. The molecule has 1 atom stereocenters. The molecule has 0 aliphatic carbocycles. The van der Waals surface area contributed by atoms with Crippen LogP contribution in [0.4, 0.5) is 5.95 Å². The van der Waals surface area contributed by atoms with Gasteiger partial charge >= 0.3 is 0 Å². The summed E-state index contributed by atoms with van der Waals surface area (Å²) in [6.45, 7) is 6.86. The average molecular weight is 451 g/mol. The normalized spacial score (nSPS) is 15.1. The molecule has 1 N–H and O–H groups in total. The highest BCUT2D eigenvalue weighted by Crippen LogP contribution is 2.15. The van der Waals surface area contributed by atoms with Crippen molar-refractivity contribution in [3.63, 3.8) is 0 Å². The Hall–Kier alpha value is -2.72. The molecule has 168 valence electrons. The number of rotatable bonds is 9. The summed E-state index contributed by atoms with van der Waals surface area (Å²) in [6.07, 6.45) is 5.41. The first kappa shape index (κ1) is 23.0. The van der Waals surface area contributed by atoms with Crippen LogP contribution in [0.3, 0.4) is 0 Å². The summed E-state index contributed by atoms with van der Waals surface area (Å²) >= 11 is 5.83. The van der Waals surface area contributed by atoms with E-state index in [2.05, 4.69) is 20.2 Å². The maximum atomic E-state index is 12.5. The van der Waals surface area contributed by atoms with Gasteiger partial charge in [0.15, 0.2) is 0 Å². The van der Waals surface area contributed by atoms with Crippen LogP contribution >= 0.6 is 11.6 Å². The van der Waals surface area contributed by atoms with Gasteiger partial charge in [0.05, 0.1) is 48.8 Å². The van der Waals surface area contributed by atoms with E-state index in [1.165, 1.54) is 6.20 Å². The van der Waals surface area contributed by atoms with Crippen LogP contribution in [0.5, 0.6) is 5.75 Å². The van der Waals surface area contributed by atoms with Gasteiger partial charge in [0, 0.05) is 26.2 Å². The summed E-state index contributed by atoms with van der Waals surface area (Å²) in [7, 11) is 0. The second-order valence-corrected chi connectivity index (χ2v) is 7.67. The van der Waals surface area contributed by atoms with Crippen molar-refractivity contribution in [3.05, 3.63) is 39.5 Å². The zero-order valence-corrected chi connectivity index (χ0v) is 18.5. The van der Waals surface area contributed by atoms with Gasteiger partial charge in [0.25, 0.3) is 5.56 Å². The van der Waals surface area contributed by atoms with Crippen LogP contribution in [-0.2, 0) is 9.53 Å². The van der Waals surface area contributed by atoms with Crippen molar-refractivity contribution >= 4 is 23.5 Å². The fraction of sp³-hybridized carbons (Fsp3) is 0.550. The minimum Gasteiger partial charge on any atom is -0.486 e. The van der Waals surface area contributed by atoms with Crippen molar-refractivity contribution in [3.8, 4) is 5.75 Å². The van der Waals surface area contributed by atoms with Crippen molar-refractivity contribution in [1.29, 1.82) is 0 Å². The maximum Gasteiger partial charge on any atom is 0.270 e. The minimum absolute atomic E-state index is 0.0558. The molecular formula is C20H27ClN6O4. The Balaban J connectivity index is 1.37. The fourth-order valence-electron chi connectivity index (χ4n) is 3.13. The van der Waals surface area contributed by atoms with Crippen LogP contribution in [0.15, 0.2) is 23.4 Å². The van der Waals surface area contributed by atoms with Gasteiger partial charge in [-0.25, -0.2) is 15.1 Å². The highest BCUT2D eigenvalue weighted by molar-refractivity contribution is 6.30. The first-order chi connectivity index (χ1) is 15.0. The molecule has 1 fully saturated rings. The van der Waals surface area contributed by atoms with Crippen molar-refractivity contribution in [2.45, 2.75) is 32.8 Å². The van der Waals surface area contributed by atoms with Gasteiger partial charge in [0.2, 0.25) is 11.9 Å². The lowest BCUT2D eigenvalue weighted by Gasteiger charge is -2.34. The van der Waals surface area contributed by atoms with Crippen molar-refractivity contribution in [2.75, 3.05) is 44.3 Å². The van der Waals surface area contributed by atoms with E-state index >= 15 is 0 Å². The Labute approximate surface area is 185 Å². The highest BCUT2D eigenvalue weighted by atomic mass is 35.5. The zero-order valence-electron chi connectivity index (χ0n) is 17.7. The van der Waals surface area contributed by atoms with Crippen molar-refractivity contribution < 1.29 is 14.3 Å². The third-order valence-corrected chi connectivity index (χ3v) is 5.29. The Morgan fingerprint density at radius 1 is 1.23 bits per heavy atom. The minimum atomic E-state index is -0.276. The molecule has 0 radical (unpaired) electrons. The van der Waals surface area contributed by atoms with Gasteiger partial charge in [-0.05, 0) is 13.3 Å². The molecule has 10 nitrogen and oxygen atoms in total. The molecule has 11 heteroatoms. The highest BCUT2D eigenvalue weighted by Gasteiger charge is 2.22. The molecule has 1 saturated heterocycles. The van der Waals surface area contributed by atoms with E-state index in [1.54, 1.807) is 19.3 Å². The predicted octanol–water partition coefficient (Wildman–Crippen LogP) is 1.43. The van der Waals surface area contributed by atoms with E-state index in [-0.39, 0.29) is 17.6 Å². The van der Waals surface area contributed by atoms with E-state index in [0.717, 1.165) is 0 Å². The van der Waals surface area contributed by atoms with Crippen LogP contribution in [0.2, 0.25) is 5.02 Å². The fourth-order valence-corrected chi connectivity index (χ4v) is 3.23. The molecule has 2 aromatic heterocycles. The lowest BCUT2D eigenvalue weighted by Crippen LogP contribution is -2.49. The Morgan fingerprint density at radius 2 is 1.94 bits per heavy atom. The largest absolute Gasteiger partial charge is 0.486 e. The first-order valence-corrected chi connectivity index (χ1v) is 10.6. The van der Waals surface area contributed by atoms with Gasteiger partial charge in [-0.2, -0.15) is 5.10 Å². The number of anilines is 1. The van der Waals surface area contributed by atoms with Crippen LogP contribution in [0.1, 0.15) is 25.3 Å². The average Bonchev–Trinajstić information content (AvgIpc) is 2.79. The summed E-state index contributed by atoms with van der Waals surface area (Å²) in [6, 6.07) is 0. The third-order valence-electron chi connectivity index (χ3n) is 5.09. The van der Waals surface area contributed by atoms with E-state index in [4.69, 9.17) is 21.1 Å². The van der Waals surface area contributed by atoms with Gasteiger partial charge < -0.3 is 19.3 Å². The smallest absolute Gasteiger partial charge is 0.270 e. The predicted molar refractivity (Wildman–Crippen MR) is 116 cm³/mol. The molecule has 0 spiro atoms. The van der Waals surface area contributed by atoms with E-state index in [9.17, 15) is 9.59 Å². The second-order valence-electron chi connectivity index (χ2n) is 7.23. The standard InChI is InChI=1S/C20H27ClN6O4/c1-3-16(31-17-12-24-25-19(29)14(17)2)13-30-9-4-18(28)26-5-7-27(8-6-26)20-22-10-15(21)11-23-20/h10-12,16H,3-9,13H2,1-2H3,(H,25,29)/t16-/m1/s1. The third kappa shape index (κ3) is 6.38. The number of H-pyrrole nitrogens is 1. The Bertz CT molecular complexity index is 915. The van der Waals surface area contributed by atoms with E-state index in [0.29, 0.717) is 74.5 Å². The number of carbonyl (C=O) groups excluding carboxylic acids is 1. The number of aromatic nitrogens is 4. The molecule has 1 amide bonds. The lowest BCUT2D eigenvalue weighted by molar-refractivity contribution is -0.132. The monoisotopic (exact) mass is 450 g/mol. The number of hydrogen-bond acceptors (Lipinski definition) is 8. The van der Waals surface area contributed by atoms with Crippen molar-refractivity contribution in [1.82, 2.24) is 25.1 Å². The molecule has 0 saturated carbocycles. The topological polar surface area (TPSA) is 114 Å². The lowest BCUT2D eigenvalue weighted by atomic mass is 10.2. The molecular weight excluding hydrogens is 424 g/mol. The molecule has 1 aliphatic heterocycles. The molecule has 3 heterocycles. The first-order valence-electron chi connectivity index (χ1n) is 10.3. The molecule has 2 aromatic rings. The molecule has 0 unspecified atom stereocenters. The van der Waals surface area contributed by atoms with Gasteiger partial charge in [0.1, 0.15) is 11.9 Å². The van der Waals surface area contributed by atoms with Gasteiger partial charge in [-0.15, -0.1) is 0 Å². The van der Waals surface area contributed by atoms with Crippen LogP contribution in [0, 0.1) is 6.92 Å². The molecule has 31 heavy (non-hydrogen) atoms. The summed E-state index contributed by atoms with van der Waals surface area (Å²) in [5.74, 6) is 1.12. The quantitative estimate of drug-likeness (QED) is 0.571. The summed E-state index contributed by atoms with van der Waals surface area (Å²) in [5.41, 5.74) is 0.202.